The van der Waals surface area contributed by atoms with Crippen LogP contribution in [0.15, 0.2) is 126 Å². The minimum Gasteiger partial charge on any atom is -0.350 e. The van der Waals surface area contributed by atoms with Gasteiger partial charge < -0.3 is 59.3 Å². The van der Waals surface area contributed by atoms with E-state index < -0.39 is 64.7 Å². The average Bonchev–Trinajstić information content (AvgIpc) is 0.799. The van der Waals surface area contributed by atoms with Gasteiger partial charge in [0.25, 0.3) is 68.8 Å². The van der Waals surface area contributed by atoms with Gasteiger partial charge in [0.05, 0.1) is 19.6 Å². The number of nitrogens with zero attached hydrogens (tertiary/aromatic N) is 6. The summed E-state index contributed by atoms with van der Waals surface area (Å²) in [5.41, 5.74) is 11.8. The van der Waals surface area contributed by atoms with Crippen molar-refractivity contribution in [2.45, 2.75) is 394 Å². The van der Waals surface area contributed by atoms with Crippen LogP contribution >= 0.6 is 0 Å². The molecule has 12 rings (SSSR count). The number of pyridine rings is 6. The summed E-state index contributed by atoms with van der Waals surface area (Å²) in [5, 5.41) is 16.6. The third-order valence-corrected chi connectivity index (χ3v) is 25.6. The Kier molecular flexibility index (Phi) is 48.3. The number of amides is 6. The number of unbranched alkanes of at least 4 members (excludes halogenated alkanes) is 1. The zero-order chi connectivity index (χ0) is 109. The number of halogens is 8. The molecule has 0 spiro atoms. The normalized spacial score (nSPS) is 13.0. The zero-order valence-corrected chi connectivity index (χ0v) is 90.0. The second kappa shape index (κ2) is 58.4. The van der Waals surface area contributed by atoms with Crippen LogP contribution in [0.5, 0.6) is 0 Å². The Morgan fingerprint density at radius 3 is 0.912 bits per heavy atom. The molecule has 0 radical (unpaired) electrons. The fourth-order valence-corrected chi connectivity index (χ4v) is 18.4. The third kappa shape index (κ3) is 36.3. The molecule has 147 heavy (non-hydrogen) atoms. The van der Waals surface area contributed by atoms with Crippen LogP contribution in [0.3, 0.4) is 0 Å². The number of carbonyl (C=O) groups is 6. The van der Waals surface area contributed by atoms with E-state index in [0.717, 1.165) is 220 Å². The van der Waals surface area contributed by atoms with Crippen molar-refractivity contribution in [2.24, 2.45) is 5.92 Å². The molecule has 804 valence electrons. The van der Waals surface area contributed by atoms with Crippen LogP contribution in [0.2, 0.25) is 0 Å². The van der Waals surface area contributed by atoms with Crippen LogP contribution in [0.1, 0.15) is 380 Å². The second-order valence-electron chi connectivity index (χ2n) is 40.6. The highest BCUT2D eigenvalue weighted by Gasteiger charge is 2.31. The predicted molar refractivity (Wildman–Crippen MR) is 566 cm³/mol. The van der Waals surface area contributed by atoms with Gasteiger partial charge in [-0.3, -0.25) is 57.5 Å². The molecule has 3 aromatic carbocycles. The molecule has 6 amide bonds. The Morgan fingerprint density at radius 1 is 0.313 bits per heavy atom. The molecule has 0 fully saturated rings. The molecule has 0 atom stereocenters. The summed E-state index contributed by atoms with van der Waals surface area (Å²) in [7, 11) is 0. The van der Waals surface area contributed by atoms with E-state index in [4.69, 9.17) is 0 Å². The quantitative estimate of drug-likeness (QED) is 0.0229. The van der Waals surface area contributed by atoms with Gasteiger partial charge in [-0.2, -0.15) is 13.2 Å². The molecule has 3 aliphatic carbocycles. The lowest BCUT2D eigenvalue weighted by atomic mass is 9.95. The van der Waals surface area contributed by atoms with Crippen molar-refractivity contribution in [3.63, 3.8) is 0 Å². The molecule has 6 heterocycles. The summed E-state index contributed by atoms with van der Waals surface area (Å²) in [5.74, 6) is -5.19. The number of hydrogen-bond acceptors (Lipinski definition) is 12. The molecular formula is C115H156F8N12O12. The highest BCUT2D eigenvalue weighted by Crippen LogP contribution is 2.29. The standard InChI is InChI=1S/2C22H26F2N2O2.C22H27FN2O2.C17H28N2O2.C16H23F3N2O2.C16H26N2O2/c1-14(2)25-21(27)17-12-16-7-5-3-4-6-8-20(16)26(22(17)28)13-15-9-10-18(23)19(24)11-15;1-14(2)25-21(27)18-11-15-7-5-3-4-6-8-20(15)26(22(18)28)13-16-9-10-17(23)12-19(16)24;1-15(2)24-21(26)19-13-17-7-5-3-4-6-8-20(17)25(22(19)27)14-16-9-11-18(23)12-10-16;1-7-15-13(6)10-14(16(20)18-12(4)5)17(21)19(15)9-8-11(2)3;1-5-13-11(4)9-12(14(22)20-10(2)3)15(23)21(13)8-6-7-16(17,18)19;1-6-8-9-18-14(7-2)12(5)10-13(16(18)20)15(19)17-11(3)4/h2*9-12,14H,3-8,13H2,1-2H3,(H,25,27);9-13,15H,3-8,14H2,1-2H3,(H,24,26);10-12H,7-9H2,1-6H3,(H,18,20);9-10H,5-8H2,1-4H3,(H,20,22);10-11H,6-9H2,1-5H3,(H,17,19). The molecule has 6 aromatic heterocycles. The maximum Gasteiger partial charge on any atom is 0.389 e. The first-order valence-corrected chi connectivity index (χ1v) is 52.5. The number of alkyl halides is 3. The van der Waals surface area contributed by atoms with E-state index in [1.54, 1.807) is 81.5 Å². The molecule has 0 aliphatic heterocycles. The van der Waals surface area contributed by atoms with Crippen LogP contribution < -0.4 is 65.3 Å². The van der Waals surface area contributed by atoms with E-state index in [0.29, 0.717) is 49.7 Å². The van der Waals surface area contributed by atoms with Gasteiger partial charge >= 0.3 is 6.18 Å². The van der Waals surface area contributed by atoms with Crippen molar-refractivity contribution < 1.29 is 63.9 Å². The van der Waals surface area contributed by atoms with Gasteiger partial charge in [-0.1, -0.05) is 111 Å². The maximum absolute atomic E-state index is 14.2. The lowest BCUT2D eigenvalue weighted by molar-refractivity contribution is -0.136. The van der Waals surface area contributed by atoms with Crippen LogP contribution in [0.25, 0.3) is 0 Å². The van der Waals surface area contributed by atoms with Gasteiger partial charge in [0.1, 0.15) is 50.8 Å². The topological polar surface area (TPSA) is 307 Å². The molecule has 3 aliphatic rings. The summed E-state index contributed by atoms with van der Waals surface area (Å²) in [4.78, 5) is 151. The summed E-state index contributed by atoms with van der Waals surface area (Å²) in [6.45, 7) is 41.9. The first-order valence-electron chi connectivity index (χ1n) is 52.5. The number of aryl methyl sites for hydroxylation is 6. The molecule has 32 heteroatoms. The lowest BCUT2D eigenvalue weighted by Gasteiger charge is -2.21. The summed E-state index contributed by atoms with van der Waals surface area (Å²) >= 11 is 0. The van der Waals surface area contributed by atoms with Crippen molar-refractivity contribution in [3.05, 3.63) is 306 Å². The molecule has 6 N–H and O–H groups in total. The van der Waals surface area contributed by atoms with Crippen molar-refractivity contribution in [2.75, 3.05) is 0 Å². The molecule has 0 saturated heterocycles. The number of aromatic nitrogens is 6. The minimum absolute atomic E-state index is 0.0178. The Morgan fingerprint density at radius 2 is 0.605 bits per heavy atom. The molecular weight excluding hydrogens is 1890 g/mol. The van der Waals surface area contributed by atoms with Crippen molar-refractivity contribution >= 4 is 35.4 Å². The number of hydrogen-bond donors (Lipinski definition) is 6. The molecule has 0 unspecified atom stereocenters. The fourth-order valence-electron chi connectivity index (χ4n) is 18.4. The van der Waals surface area contributed by atoms with Gasteiger partial charge in [-0.25, -0.2) is 22.0 Å². The monoisotopic (exact) mass is 2050 g/mol. The van der Waals surface area contributed by atoms with E-state index in [1.165, 1.54) is 52.0 Å². The number of benzene rings is 3. The van der Waals surface area contributed by atoms with Crippen molar-refractivity contribution in [1.29, 1.82) is 0 Å². The van der Waals surface area contributed by atoms with Gasteiger partial charge in [0.2, 0.25) is 0 Å². The smallest absolute Gasteiger partial charge is 0.350 e. The van der Waals surface area contributed by atoms with E-state index in [1.807, 2.05) is 104 Å². The van der Waals surface area contributed by atoms with Crippen LogP contribution in [-0.2, 0) is 97.1 Å². The van der Waals surface area contributed by atoms with Crippen molar-refractivity contribution in [1.82, 2.24) is 59.3 Å². The fraction of sp³-hybridized carbons (Fsp3) is 0.530. The van der Waals surface area contributed by atoms with Crippen LogP contribution in [0, 0.1) is 55.8 Å². The number of nitrogens with one attached hydrogen (secondary N) is 6. The number of fused-ring (bicyclic) bond motifs is 3. The summed E-state index contributed by atoms with van der Waals surface area (Å²) in [6, 6.07) is 23.1. The van der Waals surface area contributed by atoms with E-state index >= 15 is 0 Å². The van der Waals surface area contributed by atoms with E-state index in [2.05, 4.69) is 52.7 Å². The van der Waals surface area contributed by atoms with E-state index in [9.17, 15) is 92.7 Å². The number of rotatable bonds is 30. The molecule has 9 aromatic rings. The summed E-state index contributed by atoms with van der Waals surface area (Å²) in [6.07, 6.45) is 17.1. The predicted octanol–water partition coefficient (Wildman–Crippen LogP) is 20.5. The zero-order valence-electron chi connectivity index (χ0n) is 90.0. The first kappa shape index (κ1) is 122. The Balaban J connectivity index is 0.000000240. The summed E-state index contributed by atoms with van der Waals surface area (Å²) < 4.78 is 114. The highest BCUT2D eigenvalue weighted by molar-refractivity contribution is 5.97. The third-order valence-electron chi connectivity index (χ3n) is 25.6. The second-order valence-corrected chi connectivity index (χ2v) is 40.6. The Labute approximate surface area is 859 Å². The maximum atomic E-state index is 14.2. The first-order chi connectivity index (χ1) is 69.4. The van der Waals surface area contributed by atoms with Gasteiger partial charge in [0.15, 0.2) is 11.6 Å². The van der Waals surface area contributed by atoms with Crippen molar-refractivity contribution in [3.8, 4) is 0 Å². The SMILES string of the molecule is CC(C)NC(=O)c1cc2c(n(Cc3ccc(F)c(F)c3)c1=O)CCCCCC2.CC(C)NC(=O)c1cc2c(n(Cc3ccc(F)cc3)c1=O)CCCCCC2.CC(C)NC(=O)c1cc2c(n(Cc3ccc(F)cc3F)c1=O)CCCCCC2.CCCCn1c(CC)c(C)cc(C(=O)NC(C)C)c1=O.CCc1c(C)cc(C(=O)NC(C)C)c(=O)n1CCC(C)C.CCc1c(C)cc(C(=O)NC(C)C)c(=O)n1CCCC(F)(F)F. The molecule has 0 bridgehead atoms. The van der Waals surface area contributed by atoms with Crippen LogP contribution in [-0.4, -0.2) is 105 Å². The van der Waals surface area contributed by atoms with Gasteiger partial charge in [-0.05, 0) is 337 Å². The molecule has 0 saturated carbocycles. The Hall–Kier alpha value is -12.4. The molecule has 24 nitrogen and oxygen atoms in total. The Bertz CT molecular complexity index is 6400. The average molecular weight is 2050 g/mol. The van der Waals surface area contributed by atoms with E-state index in [-0.39, 0.29) is 147 Å². The van der Waals surface area contributed by atoms with Crippen LogP contribution in [0.4, 0.5) is 35.1 Å². The highest BCUT2D eigenvalue weighted by atomic mass is 19.4. The number of carbonyl (C=O) groups excluding carboxylic acids is 6. The minimum atomic E-state index is -4.25. The van der Waals surface area contributed by atoms with Gasteiger partial charge in [-0.15, -0.1) is 0 Å². The lowest BCUT2D eigenvalue weighted by Crippen LogP contribution is -2.38. The van der Waals surface area contributed by atoms with Gasteiger partial charge in [0, 0.05) is 108 Å². The largest absolute Gasteiger partial charge is 0.389 e.